The number of aromatic amines is 1. The van der Waals surface area contributed by atoms with Crippen LogP contribution in [0.5, 0.6) is 0 Å². The van der Waals surface area contributed by atoms with Gasteiger partial charge in [-0.05, 0) is 18.6 Å². The Kier molecular flexibility index (Phi) is 3.64. The van der Waals surface area contributed by atoms with Gasteiger partial charge in [-0.15, -0.1) is 0 Å². The van der Waals surface area contributed by atoms with Gasteiger partial charge in [0.15, 0.2) is 10.8 Å². The lowest BCUT2D eigenvalue weighted by molar-refractivity contribution is 0.0692. The van der Waals surface area contributed by atoms with Crippen molar-refractivity contribution in [3.05, 3.63) is 41.1 Å². The van der Waals surface area contributed by atoms with Crippen LogP contribution < -0.4 is 4.72 Å². The number of aromatic carboxylic acids is 1. The normalized spacial score (nSPS) is 11.4. The third-order valence-corrected chi connectivity index (χ3v) is 3.95. The number of benzene rings is 1. The average Bonchev–Trinajstić information content (AvgIpc) is 2.89. The maximum absolute atomic E-state index is 13.8. The Labute approximate surface area is 117 Å². The molecule has 1 aromatic carbocycles. The molecule has 2 rings (SSSR count). The Balaban J connectivity index is 2.50. The molecular formula is C11H9F2N3O4S. The minimum atomic E-state index is -4.54. The number of H-pyrrole nitrogens is 1. The zero-order chi connectivity index (χ0) is 15.8. The van der Waals surface area contributed by atoms with Gasteiger partial charge in [-0.1, -0.05) is 6.07 Å². The molecule has 0 aliphatic rings. The molecule has 0 amide bonds. The summed E-state index contributed by atoms with van der Waals surface area (Å²) in [5.41, 5.74) is -1.51. The third-order valence-electron chi connectivity index (χ3n) is 2.62. The fourth-order valence-electron chi connectivity index (χ4n) is 1.57. The number of carboxylic acid groups (broad SMARTS) is 1. The summed E-state index contributed by atoms with van der Waals surface area (Å²) in [6.07, 6.45) is 0.778. The molecule has 0 saturated carbocycles. The molecule has 112 valence electrons. The summed E-state index contributed by atoms with van der Waals surface area (Å²) < 4.78 is 53.1. The van der Waals surface area contributed by atoms with Crippen LogP contribution in [0.4, 0.5) is 14.5 Å². The van der Waals surface area contributed by atoms with Gasteiger partial charge in [0, 0.05) is 0 Å². The van der Waals surface area contributed by atoms with Crippen LogP contribution in [0, 0.1) is 18.6 Å². The first-order valence-corrected chi connectivity index (χ1v) is 6.96. The Morgan fingerprint density at radius 2 is 2.05 bits per heavy atom. The van der Waals surface area contributed by atoms with E-state index >= 15 is 0 Å². The molecule has 2 aromatic rings. The van der Waals surface area contributed by atoms with E-state index in [2.05, 4.69) is 5.10 Å². The van der Waals surface area contributed by atoms with Gasteiger partial charge in [0.25, 0.3) is 10.0 Å². The first-order chi connectivity index (χ1) is 9.74. The average molecular weight is 317 g/mol. The number of hydrogen-bond donors (Lipinski definition) is 3. The van der Waals surface area contributed by atoms with Crippen LogP contribution in [-0.4, -0.2) is 29.7 Å². The predicted molar refractivity (Wildman–Crippen MR) is 67.5 cm³/mol. The molecule has 0 spiro atoms. The molecule has 0 unspecified atom stereocenters. The standard InChI is InChI=1S/C11H9F2N3O4S/c1-5-2-3-7(12)9(8(5)13)16-21(19,20)10-6(11(17)18)4-14-15-10/h2-4,16H,1H3,(H,14,15)(H,17,18). The third kappa shape index (κ3) is 2.70. The van der Waals surface area contributed by atoms with Gasteiger partial charge in [0.2, 0.25) is 0 Å². The fraction of sp³-hybridized carbons (Fsp3) is 0.0909. The highest BCUT2D eigenvalue weighted by atomic mass is 32.2. The van der Waals surface area contributed by atoms with E-state index in [4.69, 9.17) is 5.11 Å². The van der Waals surface area contributed by atoms with E-state index in [1.54, 1.807) is 4.72 Å². The number of hydrogen-bond acceptors (Lipinski definition) is 4. The zero-order valence-electron chi connectivity index (χ0n) is 10.5. The van der Waals surface area contributed by atoms with Crippen molar-refractivity contribution in [1.29, 1.82) is 0 Å². The highest BCUT2D eigenvalue weighted by Crippen LogP contribution is 2.25. The highest BCUT2D eigenvalue weighted by molar-refractivity contribution is 7.92. The highest BCUT2D eigenvalue weighted by Gasteiger charge is 2.27. The lowest BCUT2D eigenvalue weighted by Gasteiger charge is -2.10. The van der Waals surface area contributed by atoms with E-state index in [1.807, 2.05) is 5.10 Å². The second-order valence-electron chi connectivity index (χ2n) is 4.08. The van der Waals surface area contributed by atoms with Crippen molar-refractivity contribution < 1.29 is 27.1 Å². The molecule has 10 heteroatoms. The lowest BCUT2D eigenvalue weighted by atomic mass is 10.2. The Bertz CT molecular complexity index is 817. The minimum Gasteiger partial charge on any atom is -0.478 e. The Morgan fingerprint density at radius 1 is 1.38 bits per heavy atom. The van der Waals surface area contributed by atoms with Crippen molar-refractivity contribution in [2.24, 2.45) is 0 Å². The number of carbonyl (C=O) groups is 1. The van der Waals surface area contributed by atoms with E-state index in [0.29, 0.717) is 0 Å². The number of halogens is 2. The van der Waals surface area contributed by atoms with Crippen molar-refractivity contribution in [3.8, 4) is 0 Å². The monoisotopic (exact) mass is 317 g/mol. The molecule has 1 heterocycles. The SMILES string of the molecule is Cc1ccc(F)c(NS(=O)(=O)c2[nH]ncc2C(=O)O)c1F. The van der Waals surface area contributed by atoms with Crippen LogP contribution >= 0.6 is 0 Å². The molecule has 0 aliphatic heterocycles. The molecule has 0 atom stereocenters. The molecule has 1 aromatic heterocycles. The summed E-state index contributed by atoms with van der Waals surface area (Å²) >= 11 is 0. The molecule has 21 heavy (non-hydrogen) atoms. The summed E-state index contributed by atoms with van der Waals surface area (Å²) in [5.74, 6) is -3.76. The van der Waals surface area contributed by atoms with Gasteiger partial charge in [0.05, 0.1) is 6.20 Å². The molecule has 0 bridgehead atoms. The number of aromatic nitrogens is 2. The van der Waals surface area contributed by atoms with Crippen LogP contribution in [0.2, 0.25) is 0 Å². The Morgan fingerprint density at radius 3 is 2.67 bits per heavy atom. The summed E-state index contributed by atoms with van der Waals surface area (Å²) in [6.45, 7) is 1.32. The first kappa shape index (κ1) is 14.9. The largest absolute Gasteiger partial charge is 0.478 e. The van der Waals surface area contributed by atoms with Gasteiger partial charge < -0.3 is 5.11 Å². The molecule has 7 nitrogen and oxygen atoms in total. The molecular weight excluding hydrogens is 308 g/mol. The fourth-order valence-corrected chi connectivity index (χ4v) is 2.73. The van der Waals surface area contributed by atoms with E-state index < -0.39 is 43.9 Å². The number of carboxylic acids is 1. The number of sulfonamides is 1. The molecule has 0 radical (unpaired) electrons. The van der Waals surface area contributed by atoms with Crippen LogP contribution in [-0.2, 0) is 10.0 Å². The van der Waals surface area contributed by atoms with Gasteiger partial charge >= 0.3 is 5.97 Å². The van der Waals surface area contributed by atoms with E-state index in [1.165, 1.54) is 6.92 Å². The second-order valence-corrected chi connectivity index (χ2v) is 5.70. The molecule has 3 N–H and O–H groups in total. The summed E-state index contributed by atoms with van der Waals surface area (Å²) in [4.78, 5) is 10.9. The van der Waals surface area contributed by atoms with Crippen molar-refractivity contribution in [3.63, 3.8) is 0 Å². The van der Waals surface area contributed by atoms with Gasteiger partial charge in [0.1, 0.15) is 17.1 Å². The van der Waals surface area contributed by atoms with Crippen molar-refractivity contribution >= 4 is 21.7 Å². The Hall–Kier alpha value is -2.49. The quantitative estimate of drug-likeness (QED) is 0.791. The van der Waals surface area contributed by atoms with Gasteiger partial charge in [-0.2, -0.15) is 13.5 Å². The van der Waals surface area contributed by atoms with Gasteiger partial charge in [-0.3, -0.25) is 9.82 Å². The topological polar surface area (TPSA) is 112 Å². The number of aryl methyl sites for hydroxylation is 1. The van der Waals surface area contributed by atoms with E-state index in [0.717, 1.165) is 18.3 Å². The van der Waals surface area contributed by atoms with Crippen LogP contribution in [0.1, 0.15) is 15.9 Å². The van der Waals surface area contributed by atoms with Crippen LogP contribution in [0.15, 0.2) is 23.4 Å². The predicted octanol–water partition coefficient (Wildman–Crippen LogP) is 1.50. The minimum absolute atomic E-state index is 0.0252. The number of nitrogens with one attached hydrogen (secondary N) is 2. The number of rotatable bonds is 4. The second kappa shape index (κ2) is 5.13. The molecule has 0 saturated heterocycles. The van der Waals surface area contributed by atoms with Crippen molar-refractivity contribution in [2.45, 2.75) is 11.9 Å². The van der Waals surface area contributed by atoms with Crippen LogP contribution in [0.3, 0.4) is 0 Å². The van der Waals surface area contributed by atoms with E-state index in [9.17, 15) is 22.0 Å². The number of anilines is 1. The van der Waals surface area contributed by atoms with Crippen LogP contribution in [0.25, 0.3) is 0 Å². The summed E-state index contributed by atoms with van der Waals surface area (Å²) in [6, 6.07) is 2.03. The first-order valence-electron chi connectivity index (χ1n) is 5.48. The summed E-state index contributed by atoms with van der Waals surface area (Å²) in [7, 11) is -4.54. The summed E-state index contributed by atoms with van der Waals surface area (Å²) in [5, 5.41) is 13.3. The number of nitrogens with zero attached hydrogens (tertiary/aromatic N) is 1. The maximum Gasteiger partial charge on any atom is 0.340 e. The van der Waals surface area contributed by atoms with Gasteiger partial charge in [-0.25, -0.2) is 13.6 Å². The van der Waals surface area contributed by atoms with Crippen molar-refractivity contribution in [2.75, 3.05) is 4.72 Å². The molecule has 0 fully saturated rings. The zero-order valence-corrected chi connectivity index (χ0v) is 11.3. The lowest BCUT2D eigenvalue weighted by Crippen LogP contribution is -2.18. The maximum atomic E-state index is 13.8. The molecule has 0 aliphatic carbocycles. The smallest absolute Gasteiger partial charge is 0.340 e. The van der Waals surface area contributed by atoms with Crippen molar-refractivity contribution in [1.82, 2.24) is 10.2 Å². The van der Waals surface area contributed by atoms with E-state index in [-0.39, 0.29) is 5.56 Å².